The first-order valence-electron chi connectivity index (χ1n) is 4.72. The highest BCUT2D eigenvalue weighted by atomic mass is 14.6. The Morgan fingerprint density at radius 3 is 2.92 bits per heavy atom. The molecule has 1 aliphatic rings. The average molecular weight is 173 g/mol. The average Bonchev–Trinajstić information content (AvgIpc) is 2.19. The summed E-state index contributed by atoms with van der Waals surface area (Å²) in [5.41, 5.74) is 8.67. The van der Waals surface area contributed by atoms with Gasteiger partial charge in [-0.1, -0.05) is 43.3 Å². The Kier molecular flexibility index (Phi) is 1.97. The lowest BCUT2D eigenvalue weighted by molar-refractivity contribution is 0.486. The molecule has 0 bridgehead atoms. The van der Waals surface area contributed by atoms with Crippen molar-refractivity contribution in [2.75, 3.05) is 6.54 Å². The molecule has 1 aromatic carbocycles. The first kappa shape index (κ1) is 8.52. The summed E-state index contributed by atoms with van der Waals surface area (Å²) in [5, 5.41) is 0. The van der Waals surface area contributed by atoms with Crippen LogP contribution in [-0.2, 0) is 5.41 Å². The molecule has 0 saturated heterocycles. The van der Waals surface area contributed by atoms with E-state index in [4.69, 9.17) is 5.73 Å². The maximum Gasteiger partial charge on any atom is 0.00877 e. The third kappa shape index (κ3) is 1.29. The van der Waals surface area contributed by atoms with Gasteiger partial charge in [-0.2, -0.15) is 0 Å². The summed E-state index contributed by atoms with van der Waals surface area (Å²) in [6.45, 7) is 2.95. The minimum atomic E-state index is 0.144. The van der Waals surface area contributed by atoms with Crippen molar-refractivity contribution in [3.8, 4) is 0 Å². The molecular formula is C12H15N. The molecule has 0 aromatic heterocycles. The van der Waals surface area contributed by atoms with Gasteiger partial charge in [0.05, 0.1) is 0 Å². The Bertz CT molecular complexity index is 341. The van der Waals surface area contributed by atoms with Gasteiger partial charge in [0.1, 0.15) is 0 Å². The van der Waals surface area contributed by atoms with Gasteiger partial charge in [-0.05, 0) is 17.5 Å². The molecule has 0 saturated carbocycles. The second-order valence-electron chi connectivity index (χ2n) is 3.96. The second-order valence-corrected chi connectivity index (χ2v) is 3.96. The van der Waals surface area contributed by atoms with E-state index >= 15 is 0 Å². The molecular weight excluding hydrogens is 158 g/mol. The van der Waals surface area contributed by atoms with Gasteiger partial charge in [0.25, 0.3) is 0 Å². The van der Waals surface area contributed by atoms with Gasteiger partial charge in [0.15, 0.2) is 0 Å². The Labute approximate surface area is 79.3 Å². The molecule has 68 valence electrons. The minimum Gasteiger partial charge on any atom is -0.330 e. The lowest BCUT2D eigenvalue weighted by Gasteiger charge is -2.31. The number of benzene rings is 1. The summed E-state index contributed by atoms with van der Waals surface area (Å²) in [4.78, 5) is 0. The molecule has 0 heterocycles. The molecule has 1 atom stereocenters. The highest BCUT2D eigenvalue weighted by Gasteiger charge is 2.27. The van der Waals surface area contributed by atoms with Crippen molar-refractivity contribution in [2.45, 2.75) is 18.8 Å². The Balaban J connectivity index is 2.55. The third-order valence-electron chi connectivity index (χ3n) is 2.93. The van der Waals surface area contributed by atoms with Crippen LogP contribution in [0, 0.1) is 0 Å². The monoisotopic (exact) mass is 173 g/mol. The van der Waals surface area contributed by atoms with Gasteiger partial charge in [0.2, 0.25) is 0 Å². The highest BCUT2D eigenvalue weighted by molar-refractivity contribution is 5.59. The number of hydrogen-bond donors (Lipinski definition) is 1. The van der Waals surface area contributed by atoms with E-state index in [1.807, 2.05) is 0 Å². The van der Waals surface area contributed by atoms with Gasteiger partial charge in [-0.25, -0.2) is 0 Å². The smallest absolute Gasteiger partial charge is 0.00877 e. The van der Waals surface area contributed by atoms with E-state index in [0.29, 0.717) is 6.54 Å². The molecule has 13 heavy (non-hydrogen) atoms. The maximum absolute atomic E-state index is 5.82. The summed E-state index contributed by atoms with van der Waals surface area (Å²) in [6, 6.07) is 8.50. The summed E-state index contributed by atoms with van der Waals surface area (Å²) in [7, 11) is 0. The van der Waals surface area contributed by atoms with Gasteiger partial charge in [0, 0.05) is 12.0 Å². The number of fused-ring (bicyclic) bond motifs is 1. The van der Waals surface area contributed by atoms with Crippen molar-refractivity contribution >= 4 is 6.08 Å². The molecule has 1 aromatic rings. The second kappa shape index (κ2) is 3.00. The molecule has 0 unspecified atom stereocenters. The molecule has 1 heteroatoms. The fraction of sp³-hybridized carbons (Fsp3) is 0.333. The molecule has 0 radical (unpaired) electrons. The SMILES string of the molecule is C[C@]1(CN)CC=Cc2ccccc21. The van der Waals surface area contributed by atoms with Crippen LogP contribution < -0.4 is 5.73 Å². The van der Waals surface area contributed by atoms with Crippen LogP contribution in [0.15, 0.2) is 30.3 Å². The predicted octanol–water partition coefficient (Wildman–Crippen LogP) is 2.32. The molecule has 0 fully saturated rings. The van der Waals surface area contributed by atoms with Crippen molar-refractivity contribution in [1.82, 2.24) is 0 Å². The van der Waals surface area contributed by atoms with E-state index in [1.54, 1.807) is 0 Å². The maximum atomic E-state index is 5.82. The fourth-order valence-electron chi connectivity index (χ4n) is 1.94. The molecule has 2 N–H and O–H groups in total. The van der Waals surface area contributed by atoms with Crippen molar-refractivity contribution in [2.24, 2.45) is 5.73 Å². The van der Waals surface area contributed by atoms with Crippen molar-refractivity contribution < 1.29 is 0 Å². The summed E-state index contributed by atoms with van der Waals surface area (Å²) < 4.78 is 0. The molecule has 1 nitrogen and oxygen atoms in total. The minimum absolute atomic E-state index is 0.144. The number of nitrogens with two attached hydrogens (primary N) is 1. The Morgan fingerprint density at radius 2 is 2.15 bits per heavy atom. The number of allylic oxidation sites excluding steroid dienone is 1. The van der Waals surface area contributed by atoms with Crippen molar-refractivity contribution in [1.29, 1.82) is 0 Å². The van der Waals surface area contributed by atoms with Gasteiger partial charge in [-0.15, -0.1) is 0 Å². The van der Waals surface area contributed by atoms with Crippen molar-refractivity contribution in [3.05, 3.63) is 41.5 Å². The van der Waals surface area contributed by atoms with Gasteiger partial charge in [-0.3, -0.25) is 0 Å². The van der Waals surface area contributed by atoms with E-state index in [0.717, 1.165) is 6.42 Å². The van der Waals surface area contributed by atoms with Crippen LogP contribution in [0.4, 0.5) is 0 Å². The quantitative estimate of drug-likeness (QED) is 0.693. The number of rotatable bonds is 1. The highest BCUT2D eigenvalue weighted by Crippen LogP contribution is 2.34. The number of hydrogen-bond acceptors (Lipinski definition) is 1. The zero-order valence-corrected chi connectivity index (χ0v) is 7.96. The topological polar surface area (TPSA) is 26.0 Å². The lowest BCUT2D eigenvalue weighted by atomic mass is 9.74. The van der Waals surface area contributed by atoms with Crippen LogP contribution in [0.25, 0.3) is 6.08 Å². The fourth-order valence-corrected chi connectivity index (χ4v) is 1.94. The molecule has 1 aliphatic carbocycles. The molecule has 0 spiro atoms. The van der Waals surface area contributed by atoms with E-state index in [2.05, 4.69) is 43.3 Å². The zero-order valence-electron chi connectivity index (χ0n) is 7.96. The zero-order chi connectivity index (χ0) is 9.31. The van der Waals surface area contributed by atoms with Crippen LogP contribution in [0.5, 0.6) is 0 Å². The first-order valence-corrected chi connectivity index (χ1v) is 4.72. The third-order valence-corrected chi connectivity index (χ3v) is 2.93. The van der Waals surface area contributed by atoms with E-state index in [-0.39, 0.29) is 5.41 Å². The first-order chi connectivity index (χ1) is 6.26. The van der Waals surface area contributed by atoms with E-state index in [1.165, 1.54) is 11.1 Å². The Morgan fingerprint density at radius 1 is 1.38 bits per heavy atom. The molecule has 0 amide bonds. The van der Waals surface area contributed by atoms with Gasteiger partial charge < -0.3 is 5.73 Å². The van der Waals surface area contributed by atoms with Crippen LogP contribution in [0.3, 0.4) is 0 Å². The summed E-state index contributed by atoms with van der Waals surface area (Å²) in [6.07, 6.45) is 5.46. The van der Waals surface area contributed by atoms with Crippen LogP contribution in [0.2, 0.25) is 0 Å². The van der Waals surface area contributed by atoms with E-state index in [9.17, 15) is 0 Å². The van der Waals surface area contributed by atoms with Gasteiger partial charge >= 0.3 is 0 Å². The lowest BCUT2D eigenvalue weighted by Crippen LogP contribution is -2.33. The van der Waals surface area contributed by atoms with Crippen molar-refractivity contribution in [3.63, 3.8) is 0 Å². The van der Waals surface area contributed by atoms with E-state index < -0.39 is 0 Å². The normalized spacial score (nSPS) is 25.7. The summed E-state index contributed by atoms with van der Waals surface area (Å²) in [5.74, 6) is 0. The predicted molar refractivity (Wildman–Crippen MR) is 56.5 cm³/mol. The molecule has 0 aliphatic heterocycles. The summed E-state index contributed by atoms with van der Waals surface area (Å²) >= 11 is 0. The standard InChI is InChI=1S/C12H15N/c1-12(9-13)8-4-6-10-5-2-3-7-11(10)12/h2-7H,8-9,13H2,1H3/t12-/m1/s1. The molecule has 2 rings (SSSR count). The Hall–Kier alpha value is -1.08. The van der Waals surface area contributed by atoms with Crippen LogP contribution in [0.1, 0.15) is 24.5 Å². The van der Waals surface area contributed by atoms with Crippen LogP contribution >= 0.6 is 0 Å². The largest absolute Gasteiger partial charge is 0.330 e. The van der Waals surface area contributed by atoms with Crippen LogP contribution in [-0.4, -0.2) is 6.54 Å².